The summed E-state index contributed by atoms with van der Waals surface area (Å²) in [5, 5.41) is 2.51. The minimum absolute atomic E-state index is 0.0237. The molecule has 1 unspecified atom stereocenters. The van der Waals surface area contributed by atoms with Crippen LogP contribution in [-0.4, -0.2) is 37.2 Å². The van der Waals surface area contributed by atoms with Gasteiger partial charge in [-0.05, 0) is 46.5 Å². The fraction of sp³-hybridized carbons (Fsp3) is 0.394. The minimum Gasteiger partial charge on any atom is -0.496 e. The SMILES string of the molecule is COc1cc(C(C#C[Si](C)(C)C)CCO[Si](c2ccccc2)(c2ccccc2)C(C)(C)C)c(OC)cc1C. The Balaban J connectivity index is 2.07. The van der Waals surface area contributed by atoms with Gasteiger partial charge < -0.3 is 13.9 Å². The zero-order chi connectivity index (χ0) is 28.0. The largest absolute Gasteiger partial charge is 0.496 e. The molecular weight excluding hydrogens is 501 g/mol. The van der Waals surface area contributed by atoms with Gasteiger partial charge in [0.25, 0.3) is 8.32 Å². The smallest absolute Gasteiger partial charge is 0.261 e. The minimum atomic E-state index is -2.62. The van der Waals surface area contributed by atoms with Gasteiger partial charge in [-0.1, -0.05) is 101 Å². The third kappa shape index (κ3) is 6.80. The molecule has 0 aliphatic rings. The van der Waals surface area contributed by atoms with Crippen LogP contribution >= 0.6 is 0 Å². The zero-order valence-corrected chi connectivity index (χ0v) is 26.6. The quantitative estimate of drug-likeness (QED) is 0.216. The molecule has 0 spiro atoms. The highest BCUT2D eigenvalue weighted by atomic mass is 28.4. The molecule has 0 aliphatic carbocycles. The van der Waals surface area contributed by atoms with Crippen LogP contribution in [0.2, 0.25) is 24.7 Å². The van der Waals surface area contributed by atoms with Gasteiger partial charge >= 0.3 is 0 Å². The average Bonchev–Trinajstić information content (AvgIpc) is 2.88. The molecule has 38 heavy (non-hydrogen) atoms. The number of aryl methyl sites for hydroxylation is 1. The van der Waals surface area contributed by atoms with Crippen LogP contribution < -0.4 is 19.8 Å². The zero-order valence-electron chi connectivity index (χ0n) is 24.6. The lowest BCUT2D eigenvalue weighted by atomic mass is 9.94. The van der Waals surface area contributed by atoms with Crippen LogP contribution in [0.4, 0.5) is 0 Å². The van der Waals surface area contributed by atoms with E-state index >= 15 is 0 Å². The summed E-state index contributed by atoms with van der Waals surface area (Å²) in [5.41, 5.74) is 5.72. The van der Waals surface area contributed by atoms with Gasteiger partial charge in [0.05, 0.1) is 20.1 Å². The standard InChI is InChI=1S/C33H44O3Si2/c1-26-24-32(35-6)30(25-31(26)34-5)27(21-23-37(7,8)9)20-22-36-38(33(2,3)4,28-16-12-10-13-17-28)29-18-14-11-15-19-29/h10-19,24-25,27H,20,22H2,1-9H3. The molecule has 0 radical (unpaired) electrons. The van der Waals surface area contributed by atoms with Crippen LogP contribution in [0.5, 0.6) is 11.5 Å². The Labute approximate surface area is 232 Å². The Morgan fingerprint density at radius 3 is 1.76 bits per heavy atom. The fourth-order valence-electron chi connectivity index (χ4n) is 5.05. The molecule has 0 aliphatic heterocycles. The summed E-state index contributed by atoms with van der Waals surface area (Å²) in [4.78, 5) is 0. The monoisotopic (exact) mass is 544 g/mol. The van der Waals surface area contributed by atoms with E-state index in [1.54, 1.807) is 14.2 Å². The summed E-state index contributed by atoms with van der Waals surface area (Å²) in [6.45, 7) is 16.4. The lowest BCUT2D eigenvalue weighted by Crippen LogP contribution is -2.66. The van der Waals surface area contributed by atoms with Crippen molar-refractivity contribution in [1.29, 1.82) is 0 Å². The van der Waals surface area contributed by atoms with Crippen molar-refractivity contribution in [3.63, 3.8) is 0 Å². The van der Waals surface area contributed by atoms with Crippen molar-refractivity contribution in [1.82, 2.24) is 0 Å². The van der Waals surface area contributed by atoms with Crippen LogP contribution in [0.25, 0.3) is 0 Å². The summed E-state index contributed by atoms with van der Waals surface area (Å²) in [6.07, 6.45) is 0.768. The molecule has 3 nitrogen and oxygen atoms in total. The molecular formula is C33H44O3Si2. The normalized spacial score (nSPS) is 12.9. The summed E-state index contributed by atoms with van der Waals surface area (Å²) in [6, 6.07) is 25.8. The van der Waals surface area contributed by atoms with Gasteiger partial charge in [0.1, 0.15) is 19.6 Å². The van der Waals surface area contributed by atoms with Crippen molar-refractivity contribution in [3.05, 3.63) is 83.9 Å². The maximum Gasteiger partial charge on any atom is 0.261 e. The highest BCUT2D eigenvalue weighted by Crippen LogP contribution is 2.38. The van der Waals surface area contributed by atoms with Gasteiger partial charge in [0.2, 0.25) is 0 Å². The number of benzene rings is 3. The Morgan fingerprint density at radius 1 is 0.789 bits per heavy atom. The fourth-order valence-corrected chi connectivity index (χ4v) is 10.2. The van der Waals surface area contributed by atoms with Crippen molar-refractivity contribution < 1.29 is 13.9 Å². The summed E-state index contributed by atoms with van der Waals surface area (Å²) in [7, 11) is -0.766. The van der Waals surface area contributed by atoms with E-state index in [1.165, 1.54) is 10.4 Å². The Morgan fingerprint density at radius 2 is 1.32 bits per heavy atom. The second-order valence-electron chi connectivity index (χ2n) is 11.9. The van der Waals surface area contributed by atoms with E-state index in [-0.39, 0.29) is 11.0 Å². The first-order valence-electron chi connectivity index (χ1n) is 13.4. The van der Waals surface area contributed by atoms with E-state index in [9.17, 15) is 0 Å². The third-order valence-electron chi connectivity index (χ3n) is 6.89. The molecule has 0 aromatic heterocycles. The van der Waals surface area contributed by atoms with Crippen LogP contribution in [0.1, 0.15) is 44.2 Å². The maximum atomic E-state index is 7.21. The molecule has 0 heterocycles. The molecule has 1 atom stereocenters. The molecule has 5 heteroatoms. The Hall–Kier alpha value is -2.79. The van der Waals surface area contributed by atoms with Crippen LogP contribution in [-0.2, 0) is 4.43 Å². The van der Waals surface area contributed by atoms with Gasteiger partial charge in [0.15, 0.2) is 0 Å². The van der Waals surface area contributed by atoms with E-state index in [2.05, 4.69) is 125 Å². The molecule has 0 saturated heterocycles. The molecule has 0 saturated carbocycles. The molecule has 0 bridgehead atoms. The number of ether oxygens (including phenoxy) is 2. The first kappa shape index (κ1) is 29.8. The average molecular weight is 545 g/mol. The lowest BCUT2D eigenvalue weighted by Gasteiger charge is -2.43. The third-order valence-corrected chi connectivity index (χ3v) is 12.8. The molecule has 0 amide bonds. The highest BCUT2D eigenvalue weighted by molar-refractivity contribution is 6.99. The van der Waals surface area contributed by atoms with E-state index < -0.39 is 16.4 Å². The van der Waals surface area contributed by atoms with Gasteiger partial charge in [-0.15, -0.1) is 11.5 Å². The van der Waals surface area contributed by atoms with Crippen molar-refractivity contribution in [3.8, 4) is 23.0 Å². The summed E-state index contributed by atoms with van der Waals surface area (Å²) in [5.74, 6) is 5.32. The molecule has 202 valence electrons. The maximum absolute atomic E-state index is 7.21. The van der Waals surface area contributed by atoms with Crippen molar-refractivity contribution >= 4 is 26.8 Å². The molecule has 3 aromatic carbocycles. The van der Waals surface area contributed by atoms with E-state index in [1.807, 2.05) is 6.92 Å². The lowest BCUT2D eigenvalue weighted by molar-refractivity contribution is 0.286. The predicted octanol–water partition coefficient (Wildman–Crippen LogP) is 6.94. The van der Waals surface area contributed by atoms with E-state index in [0.29, 0.717) is 6.61 Å². The number of rotatable bonds is 9. The number of hydrogen-bond acceptors (Lipinski definition) is 3. The Kier molecular flexibility index (Phi) is 9.70. The second-order valence-corrected chi connectivity index (χ2v) is 21.0. The highest BCUT2D eigenvalue weighted by Gasteiger charge is 2.50. The van der Waals surface area contributed by atoms with Gasteiger partial charge in [-0.25, -0.2) is 0 Å². The van der Waals surface area contributed by atoms with Gasteiger partial charge in [-0.3, -0.25) is 0 Å². The predicted molar refractivity (Wildman–Crippen MR) is 166 cm³/mol. The molecule has 3 aromatic rings. The van der Waals surface area contributed by atoms with E-state index in [4.69, 9.17) is 13.9 Å². The molecule has 3 rings (SSSR count). The topological polar surface area (TPSA) is 27.7 Å². The van der Waals surface area contributed by atoms with Crippen LogP contribution in [0.3, 0.4) is 0 Å². The van der Waals surface area contributed by atoms with Gasteiger partial charge in [-0.2, -0.15) is 0 Å². The first-order valence-corrected chi connectivity index (χ1v) is 18.8. The van der Waals surface area contributed by atoms with Gasteiger partial charge in [0, 0.05) is 12.2 Å². The first-order chi connectivity index (χ1) is 17.9. The summed E-state index contributed by atoms with van der Waals surface area (Å²) >= 11 is 0. The van der Waals surface area contributed by atoms with Crippen molar-refractivity contribution in [2.24, 2.45) is 0 Å². The Bertz CT molecular complexity index is 1210. The number of methoxy groups -OCH3 is 2. The van der Waals surface area contributed by atoms with Crippen LogP contribution in [0.15, 0.2) is 72.8 Å². The van der Waals surface area contributed by atoms with E-state index in [0.717, 1.165) is 29.0 Å². The summed E-state index contributed by atoms with van der Waals surface area (Å²) < 4.78 is 18.7. The van der Waals surface area contributed by atoms with Crippen molar-refractivity contribution in [2.75, 3.05) is 20.8 Å². The molecule has 0 N–H and O–H groups in total. The van der Waals surface area contributed by atoms with Crippen LogP contribution in [0, 0.1) is 18.4 Å². The van der Waals surface area contributed by atoms with Crippen molar-refractivity contribution in [2.45, 2.75) is 64.7 Å². The second kappa shape index (κ2) is 12.4. The molecule has 0 fully saturated rings. The number of hydrogen-bond donors (Lipinski definition) is 0.